The standard InChI is InChI=1S/C24H25N3O3S/c1-2-31(28,29)27-13-9-22(10-14-27)30-24-16-21(15-20-8-12-26-17-23(20)24)19-5-3-18(4-6-19)7-11-25/h3-6,8,12,15-17,22H,2,7,9-10,13-14H2,1H3. The molecule has 0 amide bonds. The third-order valence-electron chi connectivity index (χ3n) is 5.74. The first-order valence-electron chi connectivity index (χ1n) is 10.5. The van der Waals surface area contributed by atoms with Gasteiger partial charge in [-0.25, -0.2) is 12.7 Å². The third-order valence-corrected chi connectivity index (χ3v) is 7.62. The molecule has 0 spiro atoms. The molecular formula is C24H25N3O3S. The summed E-state index contributed by atoms with van der Waals surface area (Å²) in [7, 11) is -3.16. The topological polar surface area (TPSA) is 83.3 Å². The second kappa shape index (κ2) is 9.04. The molecule has 4 rings (SSSR count). The number of aromatic nitrogens is 1. The Morgan fingerprint density at radius 1 is 1.13 bits per heavy atom. The van der Waals surface area contributed by atoms with E-state index in [0.717, 1.165) is 33.2 Å². The Morgan fingerprint density at radius 3 is 2.55 bits per heavy atom. The van der Waals surface area contributed by atoms with Crippen LogP contribution in [0.4, 0.5) is 0 Å². The van der Waals surface area contributed by atoms with Gasteiger partial charge < -0.3 is 4.74 Å². The Labute approximate surface area is 183 Å². The quantitative estimate of drug-likeness (QED) is 0.581. The molecule has 160 valence electrons. The summed E-state index contributed by atoms with van der Waals surface area (Å²) in [6, 6.07) is 16.3. The molecule has 0 radical (unpaired) electrons. The number of rotatable bonds is 6. The Balaban J connectivity index is 1.60. The molecule has 0 aliphatic carbocycles. The molecule has 1 aromatic heterocycles. The number of hydrogen-bond donors (Lipinski definition) is 0. The van der Waals surface area contributed by atoms with Crippen molar-refractivity contribution in [1.29, 1.82) is 5.26 Å². The van der Waals surface area contributed by atoms with E-state index >= 15 is 0 Å². The fourth-order valence-electron chi connectivity index (χ4n) is 3.93. The Morgan fingerprint density at radius 2 is 1.87 bits per heavy atom. The SMILES string of the molecule is CCS(=O)(=O)N1CCC(Oc2cc(-c3ccc(CC#N)cc3)cc3ccncc23)CC1. The van der Waals surface area contributed by atoms with Gasteiger partial charge >= 0.3 is 0 Å². The number of nitriles is 1. The molecule has 2 heterocycles. The lowest BCUT2D eigenvalue weighted by atomic mass is 9.99. The highest BCUT2D eigenvalue weighted by molar-refractivity contribution is 7.89. The summed E-state index contributed by atoms with van der Waals surface area (Å²) in [6.07, 6.45) is 5.24. The molecule has 0 saturated carbocycles. The molecule has 1 fully saturated rings. The normalized spacial score (nSPS) is 15.6. The van der Waals surface area contributed by atoms with Gasteiger partial charge in [0, 0.05) is 30.9 Å². The third kappa shape index (κ3) is 4.71. The number of ether oxygens (including phenoxy) is 1. The van der Waals surface area contributed by atoms with E-state index in [2.05, 4.69) is 17.1 Å². The number of benzene rings is 2. The maximum atomic E-state index is 12.1. The van der Waals surface area contributed by atoms with Crippen molar-refractivity contribution in [2.24, 2.45) is 0 Å². The molecule has 0 atom stereocenters. The van der Waals surface area contributed by atoms with Gasteiger partial charge in [-0.05, 0) is 60.0 Å². The van der Waals surface area contributed by atoms with Gasteiger partial charge in [0.2, 0.25) is 10.0 Å². The zero-order valence-corrected chi connectivity index (χ0v) is 18.3. The summed E-state index contributed by atoms with van der Waals surface area (Å²) in [4.78, 5) is 4.26. The fourth-order valence-corrected chi connectivity index (χ4v) is 5.06. The van der Waals surface area contributed by atoms with Crippen LogP contribution in [0, 0.1) is 11.3 Å². The van der Waals surface area contributed by atoms with Crippen LogP contribution in [0.15, 0.2) is 54.9 Å². The van der Waals surface area contributed by atoms with Crippen molar-refractivity contribution in [3.63, 3.8) is 0 Å². The van der Waals surface area contributed by atoms with Gasteiger partial charge in [0.15, 0.2) is 0 Å². The van der Waals surface area contributed by atoms with Gasteiger partial charge in [0.1, 0.15) is 11.9 Å². The van der Waals surface area contributed by atoms with E-state index in [1.165, 1.54) is 0 Å². The van der Waals surface area contributed by atoms with Crippen LogP contribution >= 0.6 is 0 Å². The minimum absolute atomic E-state index is 0.0417. The highest BCUT2D eigenvalue weighted by Gasteiger charge is 2.28. The number of hydrogen-bond acceptors (Lipinski definition) is 5. The van der Waals surface area contributed by atoms with Crippen LogP contribution in [0.25, 0.3) is 21.9 Å². The lowest BCUT2D eigenvalue weighted by Gasteiger charge is -2.31. The highest BCUT2D eigenvalue weighted by Crippen LogP contribution is 2.34. The van der Waals surface area contributed by atoms with E-state index in [-0.39, 0.29) is 11.9 Å². The summed E-state index contributed by atoms with van der Waals surface area (Å²) in [5.74, 6) is 0.892. The first kappa shape index (κ1) is 21.3. The maximum absolute atomic E-state index is 12.1. The molecule has 7 heteroatoms. The molecule has 6 nitrogen and oxygen atoms in total. The van der Waals surface area contributed by atoms with Crippen LogP contribution in [0.2, 0.25) is 0 Å². The van der Waals surface area contributed by atoms with Crippen molar-refractivity contribution in [3.8, 4) is 22.9 Å². The molecule has 31 heavy (non-hydrogen) atoms. The van der Waals surface area contributed by atoms with Gasteiger partial charge in [-0.1, -0.05) is 24.3 Å². The van der Waals surface area contributed by atoms with Crippen molar-refractivity contribution in [2.75, 3.05) is 18.8 Å². The van der Waals surface area contributed by atoms with E-state index in [9.17, 15) is 8.42 Å². The molecule has 1 saturated heterocycles. The molecule has 1 aliphatic heterocycles. The molecule has 1 aliphatic rings. The van der Waals surface area contributed by atoms with Gasteiger partial charge in [0.05, 0.1) is 18.2 Å². The zero-order chi connectivity index (χ0) is 21.8. The predicted molar refractivity (Wildman–Crippen MR) is 121 cm³/mol. The van der Waals surface area contributed by atoms with Crippen LogP contribution in [0.5, 0.6) is 5.75 Å². The van der Waals surface area contributed by atoms with Crippen LogP contribution in [0.1, 0.15) is 25.3 Å². The summed E-state index contributed by atoms with van der Waals surface area (Å²) < 4.78 is 32.2. The maximum Gasteiger partial charge on any atom is 0.213 e. The second-order valence-electron chi connectivity index (χ2n) is 7.72. The predicted octanol–water partition coefficient (Wildman–Crippen LogP) is 4.16. The Bertz CT molecular complexity index is 1210. The van der Waals surface area contributed by atoms with Crippen molar-refractivity contribution < 1.29 is 13.2 Å². The van der Waals surface area contributed by atoms with E-state index in [1.54, 1.807) is 23.6 Å². The van der Waals surface area contributed by atoms with E-state index in [4.69, 9.17) is 10.00 Å². The average Bonchev–Trinajstić information content (AvgIpc) is 2.80. The van der Waals surface area contributed by atoms with E-state index < -0.39 is 10.0 Å². The number of pyridine rings is 1. The molecule has 0 N–H and O–H groups in total. The monoisotopic (exact) mass is 435 g/mol. The number of sulfonamides is 1. The zero-order valence-electron chi connectivity index (χ0n) is 17.5. The van der Waals surface area contributed by atoms with Crippen molar-refractivity contribution in [2.45, 2.75) is 32.3 Å². The van der Waals surface area contributed by atoms with E-state index in [0.29, 0.717) is 32.4 Å². The first-order valence-corrected chi connectivity index (χ1v) is 12.1. The van der Waals surface area contributed by atoms with Gasteiger partial charge in [-0.3, -0.25) is 4.98 Å². The molecule has 2 aromatic carbocycles. The van der Waals surface area contributed by atoms with Crippen LogP contribution in [-0.4, -0.2) is 42.7 Å². The number of piperidine rings is 1. The fraction of sp³-hybridized carbons (Fsp3) is 0.333. The van der Waals surface area contributed by atoms with E-state index in [1.807, 2.05) is 36.4 Å². The number of nitrogens with zero attached hydrogens (tertiary/aromatic N) is 3. The van der Waals surface area contributed by atoms with Crippen molar-refractivity contribution in [1.82, 2.24) is 9.29 Å². The molecule has 3 aromatic rings. The smallest absolute Gasteiger partial charge is 0.213 e. The lowest BCUT2D eigenvalue weighted by molar-refractivity contribution is 0.137. The second-order valence-corrected chi connectivity index (χ2v) is 9.98. The number of fused-ring (bicyclic) bond motifs is 1. The minimum Gasteiger partial charge on any atom is -0.490 e. The van der Waals surface area contributed by atoms with Gasteiger partial charge in [-0.15, -0.1) is 0 Å². The molecule has 0 unspecified atom stereocenters. The highest BCUT2D eigenvalue weighted by atomic mass is 32.2. The van der Waals surface area contributed by atoms with Gasteiger partial charge in [0.25, 0.3) is 0 Å². The van der Waals surface area contributed by atoms with Gasteiger partial charge in [-0.2, -0.15) is 5.26 Å². The van der Waals surface area contributed by atoms with Crippen molar-refractivity contribution >= 4 is 20.8 Å². The van der Waals surface area contributed by atoms with Crippen LogP contribution in [0.3, 0.4) is 0 Å². The summed E-state index contributed by atoms with van der Waals surface area (Å²) in [6.45, 7) is 2.64. The summed E-state index contributed by atoms with van der Waals surface area (Å²) >= 11 is 0. The molecule has 0 bridgehead atoms. The average molecular weight is 436 g/mol. The lowest BCUT2D eigenvalue weighted by Crippen LogP contribution is -2.42. The molecular weight excluding hydrogens is 410 g/mol. The minimum atomic E-state index is -3.16. The van der Waals surface area contributed by atoms with Crippen molar-refractivity contribution in [3.05, 3.63) is 60.4 Å². The summed E-state index contributed by atoms with van der Waals surface area (Å²) in [5, 5.41) is 10.9. The first-order chi connectivity index (χ1) is 15.0. The Hall–Kier alpha value is -2.95. The largest absolute Gasteiger partial charge is 0.490 e. The Kier molecular flexibility index (Phi) is 6.21. The van der Waals surface area contributed by atoms with Crippen LogP contribution < -0.4 is 4.74 Å². The van der Waals surface area contributed by atoms with Crippen LogP contribution in [-0.2, 0) is 16.4 Å². The summed E-state index contributed by atoms with van der Waals surface area (Å²) in [5.41, 5.74) is 3.07.